The number of carbonyl (C=O) groups is 3. The number of carbonyl (C=O) groups excluding carboxylic acids is 3. The standard InChI is InChI=1S/C20H16ClFN2O4/c1-2-11-28-20(27)12-7-9-13(10-8-12)24-18(25)16(21)17(19(24)26)23-15-6-4-3-5-14(15)22/h3-10,23H,2,11H2,1H3. The predicted octanol–water partition coefficient (Wildman–Crippen LogP) is 3.83. The Morgan fingerprint density at radius 1 is 1.11 bits per heavy atom. The summed E-state index contributed by atoms with van der Waals surface area (Å²) >= 11 is 6.02. The number of rotatable bonds is 6. The second kappa shape index (κ2) is 8.22. The average molecular weight is 403 g/mol. The first-order chi connectivity index (χ1) is 13.4. The molecule has 0 aromatic heterocycles. The van der Waals surface area contributed by atoms with Crippen molar-refractivity contribution in [1.82, 2.24) is 0 Å². The van der Waals surface area contributed by atoms with Crippen LogP contribution in [0.15, 0.2) is 59.3 Å². The lowest BCUT2D eigenvalue weighted by molar-refractivity contribution is -0.120. The van der Waals surface area contributed by atoms with Gasteiger partial charge < -0.3 is 10.1 Å². The summed E-state index contributed by atoms with van der Waals surface area (Å²) in [7, 11) is 0. The van der Waals surface area contributed by atoms with Crippen molar-refractivity contribution in [3.05, 3.63) is 70.6 Å². The Balaban J connectivity index is 1.81. The molecule has 1 aliphatic heterocycles. The first-order valence-corrected chi connectivity index (χ1v) is 8.89. The largest absolute Gasteiger partial charge is 0.462 e. The van der Waals surface area contributed by atoms with E-state index < -0.39 is 23.6 Å². The van der Waals surface area contributed by atoms with Crippen molar-refractivity contribution in [2.75, 3.05) is 16.8 Å². The van der Waals surface area contributed by atoms with Crippen molar-refractivity contribution in [3.8, 4) is 0 Å². The molecule has 1 heterocycles. The first kappa shape index (κ1) is 19.6. The third kappa shape index (κ3) is 3.75. The highest BCUT2D eigenvalue weighted by Crippen LogP contribution is 2.30. The fourth-order valence-corrected chi connectivity index (χ4v) is 2.78. The number of para-hydroxylation sites is 1. The molecule has 2 aromatic rings. The van der Waals surface area contributed by atoms with Gasteiger partial charge in [-0.2, -0.15) is 0 Å². The summed E-state index contributed by atoms with van der Waals surface area (Å²) in [5, 5.41) is 2.23. The number of ether oxygens (including phenoxy) is 1. The van der Waals surface area contributed by atoms with Crippen LogP contribution < -0.4 is 10.2 Å². The Kier molecular flexibility index (Phi) is 5.75. The predicted molar refractivity (Wildman–Crippen MR) is 102 cm³/mol. The number of hydrogen-bond acceptors (Lipinski definition) is 5. The van der Waals surface area contributed by atoms with Gasteiger partial charge in [0, 0.05) is 0 Å². The Hall–Kier alpha value is -3.19. The molecule has 2 amide bonds. The van der Waals surface area contributed by atoms with Gasteiger partial charge in [-0.05, 0) is 42.8 Å². The highest BCUT2D eigenvalue weighted by Gasteiger charge is 2.39. The van der Waals surface area contributed by atoms with Crippen LogP contribution >= 0.6 is 11.6 Å². The van der Waals surface area contributed by atoms with Gasteiger partial charge in [0.25, 0.3) is 11.8 Å². The molecule has 0 atom stereocenters. The minimum absolute atomic E-state index is 0.0210. The van der Waals surface area contributed by atoms with E-state index in [0.717, 1.165) is 4.90 Å². The van der Waals surface area contributed by atoms with Gasteiger partial charge in [0.2, 0.25) is 0 Å². The molecule has 8 heteroatoms. The van der Waals surface area contributed by atoms with E-state index in [2.05, 4.69) is 5.32 Å². The fourth-order valence-electron chi connectivity index (χ4n) is 2.57. The van der Waals surface area contributed by atoms with E-state index in [0.29, 0.717) is 18.6 Å². The lowest BCUT2D eigenvalue weighted by atomic mass is 10.2. The molecule has 0 bridgehead atoms. The van der Waals surface area contributed by atoms with Gasteiger partial charge >= 0.3 is 5.97 Å². The number of nitrogens with zero attached hydrogens (tertiary/aromatic N) is 1. The zero-order valence-corrected chi connectivity index (χ0v) is 15.6. The van der Waals surface area contributed by atoms with Crippen LogP contribution in [0.4, 0.5) is 15.8 Å². The summed E-state index contributed by atoms with van der Waals surface area (Å²) in [5.41, 5.74) is 0.321. The zero-order valence-electron chi connectivity index (χ0n) is 14.9. The summed E-state index contributed by atoms with van der Waals surface area (Å²) in [6.07, 6.45) is 0.697. The lowest BCUT2D eigenvalue weighted by Gasteiger charge is -2.15. The van der Waals surface area contributed by atoms with Gasteiger partial charge in [0.1, 0.15) is 16.5 Å². The number of esters is 1. The minimum Gasteiger partial charge on any atom is -0.462 e. The average Bonchev–Trinajstić information content (AvgIpc) is 2.91. The van der Waals surface area contributed by atoms with Crippen LogP contribution in [0.3, 0.4) is 0 Å². The zero-order chi connectivity index (χ0) is 20.3. The third-order valence-electron chi connectivity index (χ3n) is 3.96. The monoisotopic (exact) mass is 402 g/mol. The van der Waals surface area contributed by atoms with Gasteiger partial charge in [-0.1, -0.05) is 30.7 Å². The SMILES string of the molecule is CCCOC(=O)c1ccc(N2C(=O)C(Cl)=C(Nc3ccccc3F)C2=O)cc1. The van der Waals surface area contributed by atoms with Crippen molar-refractivity contribution >= 4 is 40.8 Å². The van der Waals surface area contributed by atoms with Crippen molar-refractivity contribution in [3.63, 3.8) is 0 Å². The Labute approximate surface area is 165 Å². The maximum absolute atomic E-state index is 13.8. The normalized spacial score (nSPS) is 13.9. The van der Waals surface area contributed by atoms with Gasteiger partial charge in [-0.25, -0.2) is 14.1 Å². The van der Waals surface area contributed by atoms with E-state index in [-0.39, 0.29) is 22.1 Å². The number of anilines is 2. The summed E-state index contributed by atoms with van der Waals surface area (Å²) in [6.45, 7) is 2.18. The van der Waals surface area contributed by atoms with Crippen LogP contribution in [0.25, 0.3) is 0 Å². The van der Waals surface area contributed by atoms with Crippen molar-refractivity contribution in [2.45, 2.75) is 13.3 Å². The molecule has 0 aliphatic carbocycles. The smallest absolute Gasteiger partial charge is 0.338 e. The van der Waals surface area contributed by atoms with Gasteiger partial charge in [-0.15, -0.1) is 0 Å². The molecule has 6 nitrogen and oxygen atoms in total. The van der Waals surface area contributed by atoms with Crippen LogP contribution in [0.5, 0.6) is 0 Å². The maximum atomic E-state index is 13.8. The van der Waals surface area contributed by atoms with E-state index >= 15 is 0 Å². The number of halogens is 2. The fraction of sp³-hybridized carbons (Fsp3) is 0.150. The third-order valence-corrected chi connectivity index (χ3v) is 4.31. The molecule has 2 aromatic carbocycles. The minimum atomic E-state index is -0.744. The second-order valence-electron chi connectivity index (χ2n) is 5.92. The number of amides is 2. The summed E-state index contributed by atoms with van der Waals surface area (Å²) in [6, 6.07) is 11.5. The Morgan fingerprint density at radius 3 is 2.43 bits per heavy atom. The number of nitrogens with one attached hydrogen (secondary N) is 1. The van der Waals surface area contributed by atoms with Crippen LogP contribution in [0, 0.1) is 5.82 Å². The molecule has 0 spiro atoms. The van der Waals surface area contributed by atoms with E-state index in [9.17, 15) is 18.8 Å². The molecule has 144 valence electrons. The number of benzene rings is 2. The van der Waals surface area contributed by atoms with Crippen LogP contribution in [0.1, 0.15) is 23.7 Å². The van der Waals surface area contributed by atoms with Crippen LogP contribution in [-0.2, 0) is 14.3 Å². The molecule has 28 heavy (non-hydrogen) atoms. The Bertz CT molecular complexity index is 972. The van der Waals surface area contributed by atoms with E-state index in [4.69, 9.17) is 16.3 Å². The van der Waals surface area contributed by atoms with Gasteiger partial charge in [-0.3, -0.25) is 9.59 Å². The van der Waals surface area contributed by atoms with Gasteiger partial charge in [0.05, 0.1) is 23.5 Å². The molecule has 0 unspecified atom stereocenters. The molecule has 1 N–H and O–H groups in total. The van der Waals surface area contributed by atoms with E-state index in [1.54, 1.807) is 6.07 Å². The Morgan fingerprint density at radius 2 is 1.79 bits per heavy atom. The van der Waals surface area contributed by atoms with E-state index in [1.165, 1.54) is 42.5 Å². The second-order valence-corrected chi connectivity index (χ2v) is 6.30. The molecule has 0 saturated carbocycles. The molecular weight excluding hydrogens is 387 g/mol. The topological polar surface area (TPSA) is 75.7 Å². The molecule has 0 radical (unpaired) electrons. The molecular formula is C20H16ClFN2O4. The summed E-state index contributed by atoms with van der Waals surface area (Å²) in [4.78, 5) is 37.9. The summed E-state index contributed by atoms with van der Waals surface area (Å²) < 4.78 is 18.9. The van der Waals surface area contributed by atoms with Crippen molar-refractivity contribution in [2.24, 2.45) is 0 Å². The lowest BCUT2D eigenvalue weighted by Crippen LogP contribution is -2.32. The summed E-state index contributed by atoms with van der Waals surface area (Å²) in [5.74, 6) is -2.55. The van der Waals surface area contributed by atoms with Crippen molar-refractivity contribution < 1.29 is 23.5 Å². The van der Waals surface area contributed by atoms with E-state index in [1.807, 2.05) is 6.92 Å². The quantitative estimate of drug-likeness (QED) is 0.587. The molecule has 0 fully saturated rings. The van der Waals surface area contributed by atoms with Crippen LogP contribution in [0.2, 0.25) is 0 Å². The molecule has 0 saturated heterocycles. The maximum Gasteiger partial charge on any atom is 0.338 e. The van der Waals surface area contributed by atoms with Crippen molar-refractivity contribution in [1.29, 1.82) is 0 Å². The first-order valence-electron chi connectivity index (χ1n) is 8.51. The highest BCUT2D eigenvalue weighted by molar-refractivity contribution is 6.53. The highest BCUT2D eigenvalue weighted by atomic mass is 35.5. The van der Waals surface area contributed by atoms with Gasteiger partial charge in [0.15, 0.2) is 0 Å². The molecule has 1 aliphatic rings. The number of hydrogen-bond donors (Lipinski definition) is 1. The number of imide groups is 1. The molecule has 3 rings (SSSR count). The van der Waals surface area contributed by atoms with Crippen LogP contribution in [-0.4, -0.2) is 24.4 Å².